The van der Waals surface area contributed by atoms with Gasteiger partial charge in [-0.2, -0.15) is 4.31 Å². The first-order valence-corrected chi connectivity index (χ1v) is 12.4. The van der Waals surface area contributed by atoms with Crippen molar-refractivity contribution in [3.8, 4) is 11.3 Å². The number of amides is 1. The van der Waals surface area contributed by atoms with E-state index >= 15 is 0 Å². The molecule has 0 saturated heterocycles. The van der Waals surface area contributed by atoms with E-state index in [-0.39, 0.29) is 24.0 Å². The highest BCUT2D eigenvalue weighted by molar-refractivity contribution is 7.69. The molecule has 1 aromatic carbocycles. The molecule has 3 aromatic rings. The summed E-state index contributed by atoms with van der Waals surface area (Å²) in [5.41, 5.74) is 2.78. The van der Waals surface area contributed by atoms with Gasteiger partial charge in [0.1, 0.15) is 11.6 Å². The number of fused-ring (bicyclic) bond motifs is 1. The van der Waals surface area contributed by atoms with Crippen LogP contribution < -0.4 is 5.32 Å². The van der Waals surface area contributed by atoms with Crippen molar-refractivity contribution in [2.24, 2.45) is 0 Å². The molecule has 0 spiro atoms. The number of unbranched alkanes of at least 4 members (excludes halogenated alkanes) is 2. The molecule has 1 saturated carbocycles. The van der Waals surface area contributed by atoms with Crippen molar-refractivity contribution < 1.29 is 22.0 Å². The van der Waals surface area contributed by atoms with Crippen molar-refractivity contribution in [3.63, 3.8) is 0 Å². The van der Waals surface area contributed by atoms with E-state index in [4.69, 9.17) is 9.40 Å². The summed E-state index contributed by atoms with van der Waals surface area (Å²) in [5, 5.41) is 3.22. The normalized spacial score (nSPS) is 13.8. The predicted octanol–water partition coefficient (Wildman–Crippen LogP) is 4.39. The summed E-state index contributed by atoms with van der Waals surface area (Å²) in [4.78, 5) is 17.5. The third-order valence-corrected chi connectivity index (χ3v) is 6.76. The zero-order valence-electron chi connectivity index (χ0n) is 18.8. The fourth-order valence-corrected chi connectivity index (χ4v) is 4.59. The van der Waals surface area contributed by atoms with Crippen LogP contribution in [0.4, 0.5) is 4.39 Å². The molecular formula is C24H28FN3O4S. The van der Waals surface area contributed by atoms with Crippen molar-refractivity contribution in [1.29, 1.82) is 0 Å². The van der Waals surface area contributed by atoms with E-state index in [1.54, 1.807) is 12.1 Å². The Hall–Kier alpha value is -2.78. The molecule has 1 aliphatic rings. The first-order chi connectivity index (χ1) is 15.9. The Bertz CT molecular complexity index is 1220. The Balaban J connectivity index is 1.82. The van der Waals surface area contributed by atoms with Gasteiger partial charge in [-0.3, -0.25) is 4.79 Å². The van der Waals surface area contributed by atoms with Gasteiger partial charge < -0.3 is 9.73 Å². The number of pyridine rings is 1. The molecular weight excluding hydrogens is 445 g/mol. The maximum atomic E-state index is 13.5. The van der Waals surface area contributed by atoms with Crippen molar-refractivity contribution >= 4 is 27.9 Å². The Morgan fingerprint density at radius 1 is 1.24 bits per heavy atom. The number of aromatic nitrogens is 1. The smallest absolute Gasteiger partial charge is 0.255 e. The number of benzene rings is 1. The van der Waals surface area contributed by atoms with Gasteiger partial charge in [-0.1, -0.05) is 19.8 Å². The van der Waals surface area contributed by atoms with Gasteiger partial charge in [0.25, 0.3) is 5.91 Å². The summed E-state index contributed by atoms with van der Waals surface area (Å²) in [6.45, 7) is 2.69. The van der Waals surface area contributed by atoms with Crippen molar-refractivity contribution in [2.75, 3.05) is 13.6 Å². The van der Waals surface area contributed by atoms with Crippen molar-refractivity contribution in [1.82, 2.24) is 14.6 Å². The molecule has 1 fully saturated rings. The van der Waals surface area contributed by atoms with Gasteiger partial charge >= 0.3 is 0 Å². The van der Waals surface area contributed by atoms with Crippen LogP contribution in [0.3, 0.4) is 0 Å². The van der Waals surface area contributed by atoms with Crippen LogP contribution in [0.25, 0.3) is 22.4 Å². The van der Waals surface area contributed by atoms with Crippen LogP contribution in [0, 0.1) is 5.82 Å². The fraction of sp³-hybridized carbons (Fsp3) is 0.417. The minimum atomic E-state index is -2.75. The molecule has 2 aromatic heterocycles. The quantitative estimate of drug-likeness (QED) is 0.337. The highest BCUT2D eigenvalue weighted by Crippen LogP contribution is 2.44. The zero-order chi connectivity index (χ0) is 23.5. The van der Waals surface area contributed by atoms with Gasteiger partial charge in [-0.05, 0) is 61.1 Å². The van der Waals surface area contributed by atoms with E-state index in [9.17, 15) is 17.6 Å². The standard InChI is InChI=1S/C24H28FN3O4S/c1-3-4-5-12-28(33(30)31)14-20-18(15-6-7-15)13-19-21(23(29)26-2)22(32-24(19)27-20)16-8-10-17(25)11-9-16/h8-11,13,15,33H,3-7,12,14H2,1-2H3,(H,26,29). The number of carbonyl (C=O) groups is 1. The van der Waals surface area contributed by atoms with Crippen LogP contribution in [-0.4, -0.2) is 37.2 Å². The number of furan rings is 1. The van der Waals surface area contributed by atoms with Crippen LogP contribution in [0.15, 0.2) is 34.7 Å². The third-order valence-electron chi connectivity index (χ3n) is 5.96. The largest absolute Gasteiger partial charge is 0.437 e. The molecule has 7 nitrogen and oxygen atoms in total. The average molecular weight is 474 g/mol. The summed E-state index contributed by atoms with van der Waals surface area (Å²) in [6, 6.07) is 7.64. The minimum absolute atomic E-state index is 0.173. The second-order valence-corrected chi connectivity index (χ2v) is 9.42. The second kappa shape index (κ2) is 10.0. The zero-order valence-corrected chi connectivity index (χ0v) is 19.7. The van der Waals surface area contributed by atoms with Gasteiger partial charge in [0.2, 0.25) is 16.6 Å². The van der Waals surface area contributed by atoms with Gasteiger partial charge in [0, 0.05) is 19.2 Å². The number of nitrogens with one attached hydrogen (secondary N) is 1. The molecule has 33 heavy (non-hydrogen) atoms. The molecule has 2 heterocycles. The topological polar surface area (TPSA) is 92.5 Å². The van der Waals surface area contributed by atoms with Gasteiger partial charge in [-0.25, -0.2) is 17.8 Å². The molecule has 1 aliphatic carbocycles. The predicted molar refractivity (Wildman–Crippen MR) is 125 cm³/mol. The first-order valence-electron chi connectivity index (χ1n) is 11.3. The van der Waals surface area contributed by atoms with E-state index in [1.165, 1.54) is 23.5 Å². The summed E-state index contributed by atoms with van der Waals surface area (Å²) >= 11 is 0. The molecule has 0 radical (unpaired) electrons. The molecule has 9 heteroatoms. The number of carbonyl (C=O) groups excluding carboxylic acids is 1. The third kappa shape index (κ3) is 5.09. The molecule has 1 N–H and O–H groups in total. The Morgan fingerprint density at radius 2 is 1.97 bits per heavy atom. The van der Waals surface area contributed by atoms with Gasteiger partial charge in [0.15, 0.2) is 0 Å². The average Bonchev–Trinajstić information content (AvgIpc) is 3.58. The summed E-state index contributed by atoms with van der Waals surface area (Å²) in [5.74, 6) is -0.109. The Morgan fingerprint density at radius 3 is 2.58 bits per heavy atom. The summed E-state index contributed by atoms with van der Waals surface area (Å²) < 4.78 is 44.7. The van der Waals surface area contributed by atoms with Crippen LogP contribution in [0.1, 0.15) is 66.6 Å². The second-order valence-electron chi connectivity index (χ2n) is 8.38. The number of hydrogen-bond donors (Lipinski definition) is 2. The van der Waals surface area contributed by atoms with Crippen LogP contribution in [0.5, 0.6) is 0 Å². The Kier molecular flexibility index (Phi) is 7.09. The highest BCUT2D eigenvalue weighted by Gasteiger charge is 2.31. The highest BCUT2D eigenvalue weighted by atomic mass is 32.2. The maximum Gasteiger partial charge on any atom is 0.255 e. The molecule has 176 valence electrons. The van der Waals surface area contributed by atoms with Crippen molar-refractivity contribution in [2.45, 2.75) is 51.5 Å². The monoisotopic (exact) mass is 473 g/mol. The number of rotatable bonds is 10. The molecule has 0 unspecified atom stereocenters. The SMILES string of the molecule is CCCCCN(Cc1nc2oc(-c3ccc(F)cc3)c(C(=O)NC)c2cc1C1CC1)[SH](=O)=O. The molecule has 1 amide bonds. The van der Waals surface area contributed by atoms with Gasteiger partial charge in [-0.15, -0.1) is 0 Å². The lowest BCUT2D eigenvalue weighted by atomic mass is 10.0. The maximum absolute atomic E-state index is 13.5. The lowest BCUT2D eigenvalue weighted by Gasteiger charge is -2.17. The molecule has 0 atom stereocenters. The number of nitrogens with zero attached hydrogens (tertiary/aromatic N) is 2. The lowest BCUT2D eigenvalue weighted by Crippen LogP contribution is -2.24. The van der Waals surface area contributed by atoms with Gasteiger partial charge in [0.05, 0.1) is 23.2 Å². The summed E-state index contributed by atoms with van der Waals surface area (Å²) in [7, 11) is -1.21. The molecule has 4 rings (SSSR count). The number of halogens is 1. The summed E-state index contributed by atoms with van der Waals surface area (Å²) in [6.07, 6.45) is 4.74. The first kappa shape index (κ1) is 23.4. The van der Waals surface area contributed by atoms with E-state index < -0.39 is 10.9 Å². The van der Waals surface area contributed by atoms with Crippen LogP contribution in [-0.2, 0) is 17.4 Å². The van der Waals surface area contributed by atoms with Crippen LogP contribution in [0.2, 0.25) is 0 Å². The molecule has 0 bridgehead atoms. The fourth-order valence-electron chi connectivity index (χ4n) is 4.04. The van der Waals surface area contributed by atoms with Crippen molar-refractivity contribution in [3.05, 3.63) is 53.0 Å². The van der Waals surface area contributed by atoms with E-state index in [0.29, 0.717) is 40.4 Å². The van der Waals surface area contributed by atoms with E-state index in [2.05, 4.69) is 12.2 Å². The Labute approximate surface area is 194 Å². The number of hydrogen-bond acceptors (Lipinski definition) is 5. The molecule has 0 aliphatic heterocycles. The number of thiol groups is 1. The van der Waals surface area contributed by atoms with E-state index in [1.807, 2.05) is 6.07 Å². The van der Waals surface area contributed by atoms with E-state index in [0.717, 1.165) is 37.7 Å². The van der Waals surface area contributed by atoms with Crippen LogP contribution >= 0.6 is 0 Å². The lowest BCUT2D eigenvalue weighted by molar-refractivity contribution is 0.0964. The minimum Gasteiger partial charge on any atom is -0.437 e.